The predicted molar refractivity (Wildman–Crippen MR) is 105 cm³/mol. The summed E-state index contributed by atoms with van der Waals surface area (Å²) in [4.78, 5) is 41.8. The Kier molecular flexibility index (Phi) is 7.79. The number of carbonyl (C=O) groups excluding carboxylic acids is 3. The van der Waals surface area contributed by atoms with Crippen molar-refractivity contribution < 1.29 is 14.4 Å². The van der Waals surface area contributed by atoms with Crippen molar-refractivity contribution in [3.8, 4) is 0 Å². The molecule has 1 saturated heterocycles. The number of rotatable bonds is 7. The van der Waals surface area contributed by atoms with Crippen molar-refractivity contribution in [1.82, 2.24) is 20.4 Å². The van der Waals surface area contributed by atoms with Crippen molar-refractivity contribution in [2.75, 3.05) is 27.7 Å². The Morgan fingerprint density at radius 1 is 1.11 bits per heavy atom. The van der Waals surface area contributed by atoms with E-state index in [0.29, 0.717) is 13.0 Å². The van der Waals surface area contributed by atoms with Gasteiger partial charge in [-0.25, -0.2) is 0 Å². The molecule has 1 saturated carbocycles. The first kappa shape index (κ1) is 21.8. The standard InChI is InChI=1S/C20H36N4O3/c1-13(23(4)5)19(26)22-18(15-9-7-6-8-10-15)20(27)24-12-16(21-3)11-17(24)14(2)25/h13,15-18,21H,6-12H2,1-5H3,(H,22,26). The van der Waals surface area contributed by atoms with Crippen molar-refractivity contribution in [3.63, 3.8) is 0 Å². The molecule has 2 rings (SSSR count). The minimum atomic E-state index is -0.544. The van der Waals surface area contributed by atoms with Gasteiger partial charge in [-0.1, -0.05) is 19.3 Å². The number of hydrogen-bond acceptors (Lipinski definition) is 5. The highest BCUT2D eigenvalue weighted by atomic mass is 16.2. The molecule has 7 heteroatoms. The number of nitrogens with one attached hydrogen (secondary N) is 2. The Bertz CT molecular complexity index is 545. The van der Waals surface area contributed by atoms with E-state index in [4.69, 9.17) is 0 Å². The highest BCUT2D eigenvalue weighted by Crippen LogP contribution is 2.29. The monoisotopic (exact) mass is 380 g/mol. The summed E-state index contributed by atoms with van der Waals surface area (Å²) in [5.74, 6) is -0.0749. The van der Waals surface area contributed by atoms with Crippen molar-refractivity contribution in [2.45, 2.75) is 76.5 Å². The van der Waals surface area contributed by atoms with Gasteiger partial charge in [-0.3, -0.25) is 19.3 Å². The highest BCUT2D eigenvalue weighted by Gasteiger charge is 2.42. The number of likely N-dealkylation sites (tertiary alicyclic amines) is 1. The van der Waals surface area contributed by atoms with Crippen molar-refractivity contribution in [2.24, 2.45) is 5.92 Å². The molecular formula is C20H36N4O3. The normalized spacial score (nSPS) is 26.1. The Labute approximate surface area is 163 Å². The van der Waals surface area contributed by atoms with E-state index in [1.807, 2.05) is 33.0 Å². The molecule has 2 fully saturated rings. The molecule has 0 spiro atoms. The fourth-order valence-electron chi connectivity index (χ4n) is 4.21. The summed E-state index contributed by atoms with van der Waals surface area (Å²) in [6.45, 7) is 3.90. The van der Waals surface area contributed by atoms with E-state index in [1.54, 1.807) is 11.8 Å². The van der Waals surface area contributed by atoms with Gasteiger partial charge in [0.25, 0.3) is 0 Å². The maximum Gasteiger partial charge on any atom is 0.246 e. The van der Waals surface area contributed by atoms with Crippen LogP contribution in [0.4, 0.5) is 0 Å². The maximum atomic E-state index is 13.5. The first-order chi connectivity index (χ1) is 12.8. The Hall–Kier alpha value is -1.47. The van der Waals surface area contributed by atoms with Crippen LogP contribution < -0.4 is 10.6 Å². The average molecular weight is 381 g/mol. The van der Waals surface area contributed by atoms with Crippen LogP contribution in [0.15, 0.2) is 0 Å². The number of amides is 2. The van der Waals surface area contributed by atoms with Gasteiger partial charge in [0, 0.05) is 12.6 Å². The lowest BCUT2D eigenvalue weighted by molar-refractivity contribution is -0.142. The van der Waals surface area contributed by atoms with Gasteiger partial charge in [-0.05, 0) is 60.2 Å². The number of Topliss-reactive ketones (excluding diaryl/α,β-unsaturated/α-hetero) is 1. The van der Waals surface area contributed by atoms with E-state index in [-0.39, 0.29) is 35.6 Å². The predicted octanol–water partition coefficient (Wildman–Crippen LogP) is 0.780. The third-order valence-electron chi connectivity index (χ3n) is 6.30. The number of nitrogens with zero attached hydrogens (tertiary/aromatic N) is 2. The number of ketones is 1. The molecule has 0 aromatic heterocycles. The van der Waals surface area contributed by atoms with Crippen molar-refractivity contribution >= 4 is 17.6 Å². The summed E-state index contributed by atoms with van der Waals surface area (Å²) >= 11 is 0. The zero-order chi connectivity index (χ0) is 20.1. The lowest BCUT2D eigenvalue weighted by Gasteiger charge is -2.35. The van der Waals surface area contributed by atoms with E-state index in [0.717, 1.165) is 25.7 Å². The van der Waals surface area contributed by atoms with Crippen LogP contribution in [-0.4, -0.2) is 79.3 Å². The smallest absolute Gasteiger partial charge is 0.246 e. The fraction of sp³-hybridized carbons (Fsp3) is 0.850. The number of carbonyl (C=O) groups is 3. The molecular weight excluding hydrogens is 344 g/mol. The Morgan fingerprint density at radius 3 is 2.26 bits per heavy atom. The fourth-order valence-corrected chi connectivity index (χ4v) is 4.21. The van der Waals surface area contributed by atoms with Gasteiger partial charge in [-0.2, -0.15) is 0 Å². The largest absolute Gasteiger partial charge is 0.343 e. The van der Waals surface area contributed by atoms with Crippen molar-refractivity contribution in [1.29, 1.82) is 0 Å². The number of hydrogen-bond donors (Lipinski definition) is 2. The van der Waals surface area contributed by atoms with Crippen LogP contribution in [0.3, 0.4) is 0 Å². The minimum absolute atomic E-state index is 0.0106. The van der Waals surface area contributed by atoms with Crippen LogP contribution in [0.1, 0.15) is 52.4 Å². The summed E-state index contributed by atoms with van der Waals surface area (Å²) in [7, 11) is 5.56. The van der Waals surface area contributed by atoms with E-state index < -0.39 is 12.1 Å². The van der Waals surface area contributed by atoms with E-state index >= 15 is 0 Å². The highest BCUT2D eigenvalue weighted by molar-refractivity contribution is 5.93. The molecule has 2 amide bonds. The SMILES string of the molecule is CNC1CC(C(C)=O)N(C(=O)C(NC(=O)C(C)N(C)C)C2CCCCC2)C1. The second-order valence-corrected chi connectivity index (χ2v) is 8.36. The van der Waals surface area contributed by atoms with Crippen LogP contribution in [0.2, 0.25) is 0 Å². The summed E-state index contributed by atoms with van der Waals surface area (Å²) in [6, 6.07) is -1.13. The van der Waals surface area contributed by atoms with Gasteiger partial charge >= 0.3 is 0 Å². The van der Waals surface area contributed by atoms with Crippen LogP contribution >= 0.6 is 0 Å². The summed E-state index contributed by atoms with van der Waals surface area (Å²) in [6.07, 6.45) is 5.88. The zero-order valence-electron chi connectivity index (χ0n) is 17.5. The second-order valence-electron chi connectivity index (χ2n) is 8.36. The lowest BCUT2D eigenvalue weighted by atomic mass is 9.83. The van der Waals surface area contributed by atoms with E-state index in [9.17, 15) is 14.4 Å². The Balaban J connectivity index is 2.21. The van der Waals surface area contributed by atoms with Crippen molar-refractivity contribution in [3.05, 3.63) is 0 Å². The molecule has 27 heavy (non-hydrogen) atoms. The first-order valence-corrected chi connectivity index (χ1v) is 10.2. The third kappa shape index (κ3) is 5.29. The molecule has 0 radical (unpaired) electrons. The molecule has 0 aromatic rings. The van der Waals surface area contributed by atoms with Crippen LogP contribution in [0.25, 0.3) is 0 Å². The number of likely N-dealkylation sites (N-methyl/N-ethyl adjacent to an activating group) is 2. The van der Waals surface area contributed by atoms with Crippen LogP contribution in [0, 0.1) is 5.92 Å². The zero-order valence-corrected chi connectivity index (χ0v) is 17.5. The third-order valence-corrected chi connectivity index (χ3v) is 6.30. The molecule has 4 unspecified atom stereocenters. The van der Waals surface area contributed by atoms with E-state index in [2.05, 4.69) is 10.6 Å². The molecule has 4 atom stereocenters. The molecule has 7 nitrogen and oxygen atoms in total. The molecule has 1 aliphatic heterocycles. The molecule has 154 valence electrons. The molecule has 2 aliphatic rings. The summed E-state index contributed by atoms with van der Waals surface area (Å²) in [5.41, 5.74) is 0. The molecule has 1 aliphatic carbocycles. The minimum Gasteiger partial charge on any atom is -0.343 e. The molecule has 1 heterocycles. The van der Waals surface area contributed by atoms with E-state index in [1.165, 1.54) is 6.42 Å². The average Bonchev–Trinajstić information content (AvgIpc) is 3.10. The molecule has 2 N–H and O–H groups in total. The maximum absolute atomic E-state index is 13.5. The van der Waals surface area contributed by atoms with Gasteiger partial charge in [-0.15, -0.1) is 0 Å². The van der Waals surface area contributed by atoms with Crippen LogP contribution in [0.5, 0.6) is 0 Å². The Morgan fingerprint density at radius 2 is 1.74 bits per heavy atom. The quantitative estimate of drug-likeness (QED) is 0.682. The van der Waals surface area contributed by atoms with Gasteiger partial charge in [0.1, 0.15) is 6.04 Å². The topological polar surface area (TPSA) is 81.8 Å². The lowest BCUT2D eigenvalue weighted by Crippen LogP contribution is -2.57. The second kappa shape index (κ2) is 9.64. The molecule has 0 aromatic carbocycles. The van der Waals surface area contributed by atoms with Gasteiger partial charge in [0.15, 0.2) is 5.78 Å². The summed E-state index contributed by atoms with van der Waals surface area (Å²) in [5, 5.41) is 6.22. The first-order valence-electron chi connectivity index (χ1n) is 10.2. The van der Waals surface area contributed by atoms with Gasteiger partial charge in [0.2, 0.25) is 11.8 Å². The van der Waals surface area contributed by atoms with Gasteiger partial charge in [0.05, 0.1) is 12.1 Å². The summed E-state index contributed by atoms with van der Waals surface area (Å²) < 4.78 is 0. The molecule has 0 bridgehead atoms. The van der Waals surface area contributed by atoms with Gasteiger partial charge < -0.3 is 15.5 Å². The van der Waals surface area contributed by atoms with Crippen LogP contribution in [-0.2, 0) is 14.4 Å².